The van der Waals surface area contributed by atoms with Crippen LogP contribution in [-0.2, 0) is 0 Å². The van der Waals surface area contributed by atoms with E-state index in [1.165, 1.54) is 5.56 Å². The van der Waals surface area contributed by atoms with Crippen LogP contribution in [0.25, 0.3) is 33.6 Å². The third-order valence-electron chi connectivity index (χ3n) is 8.75. The fourth-order valence-corrected chi connectivity index (χ4v) is 6.38. The molecule has 4 heteroatoms. The minimum atomic E-state index is 0.856. The molecule has 0 aliphatic carbocycles. The molecule has 1 aromatic heterocycles. The third-order valence-corrected chi connectivity index (χ3v) is 8.75. The van der Waals surface area contributed by atoms with Crippen molar-refractivity contribution in [1.29, 1.82) is 0 Å². The molecule has 0 aliphatic rings. The summed E-state index contributed by atoms with van der Waals surface area (Å²) in [6.07, 6.45) is 3.51. The number of benzene rings is 7. The van der Waals surface area contributed by atoms with Crippen LogP contribution in [0.1, 0.15) is 0 Å². The molecule has 0 unspecified atom stereocenters. The average Bonchev–Trinajstić information content (AvgIpc) is 3.21. The Morgan fingerprint density at radius 2 is 0.600 bits per heavy atom. The number of nitrogens with zero attached hydrogens (tertiary/aromatic N) is 4. The second-order valence-corrected chi connectivity index (χ2v) is 11.9. The number of hydrogen-bond donors (Lipinski definition) is 0. The standard InChI is InChI=1S/C46H34N4/c1-5-14-35(15-6-1)38-18-13-23-44(34-38)50(41-26-24-37(25-27-41)46-45(47-32-33-48-46)36-16-7-2-8-17-36)43-30-28-42(29-31-43)49(39-19-9-3-10-20-39)40-21-11-4-12-22-40/h1-34H. The molecule has 0 amide bonds. The zero-order valence-corrected chi connectivity index (χ0v) is 27.4. The lowest BCUT2D eigenvalue weighted by atomic mass is 10.0. The minimum Gasteiger partial charge on any atom is -0.311 e. The van der Waals surface area contributed by atoms with Crippen LogP contribution in [0.5, 0.6) is 0 Å². The normalized spacial score (nSPS) is 10.8. The molecule has 0 spiro atoms. The van der Waals surface area contributed by atoms with E-state index >= 15 is 0 Å². The van der Waals surface area contributed by atoms with Crippen molar-refractivity contribution in [2.45, 2.75) is 0 Å². The number of aromatic nitrogens is 2. The highest BCUT2D eigenvalue weighted by molar-refractivity contribution is 5.84. The second kappa shape index (κ2) is 14.1. The van der Waals surface area contributed by atoms with Crippen molar-refractivity contribution in [1.82, 2.24) is 9.97 Å². The highest BCUT2D eigenvalue weighted by Crippen LogP contribution is 2.40. The second-order valence-electron chi connectivity index (χ2n) is 11.9. The van der Waals surface area contributed by atoms with Crippen LogP contribution in [0.4, 0.5) is 34.1 Å². The predicted octanol–water partition coefficient (Wildman–Crippen LogP) is 12.4. The highest BCUT2D eigenvalue weighted by atomic mass is 15.2. The minimum absolute atomic E-state index is 0.856. The van der Waals surface area contributed by atoms with Gasteiger partial charge in [0.15, 0.2) is 0 Å². The van der Waals surface area contributed by atoms with E-state index in [2.05, 4.69) is 186 Å². The van der Waals surface area contributed by atoms with Gasteiger partial charge in [-0.15, -0.1) is 0 Å². The predicted molar refractivity (Wildman–Crippen MR) is 208 cm³/mol. The summed E-state index contributed by atoms with van der Waals surface area (Å²) in [4.78, 5) is 14.1. The molecule has 0 bridgehead atoms. The Balaban J connectivity index is 1.21. The van der Waals surface area contributed by atoms with Crippen molar-refractivity contribution < 1.29 is 0 Å². The summed E-state index contributed by atoms with van der Waals surface area (Å²) in [5.74, 6) is 0. The third kappa shape index (κ3) is 6.38. The summed E-state index contributed by atoms with van der Waals surface area (Å²) >= 11 is 0. The van der Waals surface area contributed by atoms with Crippen molar-refractivity contribution >= 4 is 34.1 Å². The van der Waals surface area contributed by atoms with Crippen molar-refractivity contribution in [2.24, 2.45) is 0 Å². The first-order valence-corrected chi connectivity index (χ1v) is 16.7. The average molecular weight is 643 g/mol. The van der Waals surface area contributed by atoms with Gasteiger partial charge >= 0.3 is 0 Å². The lowest BCUT2D eigenvalue weighted by Gasteiger charge is -2.28. The molecule has 1 heterocycles. The Hall–Kier alpha value is -6.78. The fraction of sp³-hybridized carbons (Fsp3) is 0. The molecular formula is C46H34N4. The topological polar surface area (TPSA) is 32.3 Å². The number of para-hydroxylation sites is 2. The van der Waals surface area contributed by atoms with E-state index in [1.54, 1.807) is 12.4 Å². The molecule has 0 atom stereocenters. The Labute approximate surface area is 293 Å². The van der Waals surface area contributed by atoms with E-state index in [0.717, 1.165) is 62.2 Å². The van der Waals surface area contributed by atoms with Crippen molar-refractivity contribution in [3.8, 4) is 33.6 Å². The summed E-state index contributed by atoms with van der Waals surface area (Å²) < 4.78 is 0. The van der Waals surface area contributed by atoms with Gasteiger partial charge < -0.3 is 9.80 Å². The molecule has 7 aromatic carbocycles. The molecule has 0 saturated heterocycles. The largest absolute Gasteiger partial charge is 0.311 e. The van der Waals surface area contributed by atoms with Crippen LogP contribution in [0.15, 0.2) is 207 Å². The Morgan fingerprint density at radius 3 is 1.10 bits per heavy atom. The molecule has 0 radical (unpaired) electrons. The lowest BCUT2D eigenvalue weighted by molar-refractivity contribution is 1.21. The first kappa shape index (κ1) is 30.5. The maximum atomic E-state index is 4.76. The van der Waals surface area contributed by atoms with Crippen molar-refractivity contribution in [3.05, 3.63) is 207 Å². The molecule has 8 rings (SSSR count). The van der Waals surface area contributed by atoms with Gasteiger partial charge in [0.25, 0.3) is 0 Å². The van der Waals surface area contributed by atoms with Gasteiger partial charge in [0.2, 0.25) is 0 Å². The molecule has 8 aromatic rings. The monoisotopic (exact) mass is 642 g/mol. The van der Waals surface area contributed by atoms with Gasteiger partial charge in [-0.3, -0.25) is 9.97 Å². The maximum Gasteiger partial charge on any atom is 0.0965 e. The van der Waals surface area contributed by atoms with Crippen molar-refractivity contribution in [2.75, 3.05) is 9.80 Å². The van der Waals surface area contributed by atoms with E-state index in [0.29, 0.717) is 0 Å². The van der Waals surface area contributed by atoms with Crippen LogP contribution in [-0.4, -0.2) is 9.97 Å². The number of rotatable bonds is 9. The van der Waals surface area contributed by atoms with E-state index in [4.69, 9.17) is 9.97 Å². The van der Waals surface area contributed by atoms with Crippen LogP contribution in [0, 0.1) is 0 Å². The van der Waals surface area contributed by atoms with Gasteiger partial charge in [0.1, 0.15) is 0 Å². The van der Waals surface area contributed by atoms with Gasteiger partial charge in [-0.25, -0.2) is 0 Å². The van der Waals surface area contributed by atoms with Crippen LogP contribution >= 0.6 is 0 Å². The van der Waals surface area contributed by atoms with E-state index < -0.39 is 0 Å². The van der Waals surface area contributed by atoms with E-state index in [9.17, 15) is 0 Å². The first-order valence-electron chi connectivity index (χ1n) is 16.7. The SMILES string of the molecule is c1ccc(-c2cccc(N(c3ccc(-c4nccnc4-c4ccccc4)cc3)c3ccc(N(c4ccccc4)c4ccccc4)cc3)c2)cc1. The van der Waals surface area contributed by atoms with Gasteiger partial charge in [-0.05, 0) is 83.9 Å². The Kier molecular flexibility index (Phi) is 8.64. The molecule has 0 aliphatic heterocycles. The molecular weight excluding hydrogens is 609 g/mol. The summed E-state index contributed by atoms with van der Waals surface area (Å²) in [5.41, 5.74) is 12.6. The van der Waals surface area contributed by atoms with Gasteiger partial charge in [-0.1, -0.05) is 121 Å². The zero-order chi connectivity index (χ0) is 33.5. The zero-order valence-electron chi connectivity index (χ0n) is 27.4. The highest BCUT2D eigenvalue weighted by Gasteiger charge is 2.17. The fourth-order valence-electron chi connectivity index (χ4n) is 6.38. The smallest absolute Gasteiger partial charge is 0.0965 e. The molecule has 50 heavy (non-hydrogen) atoms. The quantitative estimate of drug-likeness (QED) is 0.157. The number of anilines is 6. The summed E-state index contributed by atoms with van der Waals surface area (Å²) in [5, 5.41) is 0. The first-order chi connectivity index (χ1) is 24.8. The maximum absolute atomic E-state index is 4.76. The number of hydrogen-bond acceptors (Lipinski definition) is 4. The van der Waals surface area contributed by atoms with Gasteiger partial charge in [0, 0.05) is 57.6 Å². The Bertz CT molecular complexity index is 2250. The summed E-state index contributed by atoms with van der Waals surface area (Å²) in [7, 11) is 0. The molecule has 0 N–H and O–H groups in total. The van der Waals surface area contributed by atoms with Crippen molar-refractivity contribution in [3.63, 3.8) is 0 Å². The molecule has 238 valence electrons. The lowest BCUT2D eigenvalue weighted by Crippen LogP contribution is -2.12. The summed E-state index contributed by atoms with van der Waals surface area (Å²) in [6, 6.07) is 67.9. The van der Waals surface area contributed by atoms with Crippen LogP contribution in [0.3, 0.4) is 0 Å². The molecule has 4 nitrogen and oxygen atoms in total. The Morgan fingerprint density at radius 1 is 0.260 bits per heavy atom. The van der Waals surface area contributed by atoms with E-state index in [1.807, 2.05) is 18.2 Å². The van der Waals surface area contributed by atoms with E-state index in [-0.39, 0.29) is 0 Å². The van der Waals surface area contributed by atoms with Gasteiger partial charge in [-0.2, -0.15) is 0 Å². The van der Waals surface area contributed by atoms with Crippen LogP contribution in [0.2, 0.25) is 0 Å². The van der Waals surface area contributed by atoms with Crippen LogP contribution < -0.4 is 9.80 Å². The molecule has 0 fully saturated rings. The van der Waals surface area contributed by atoms with Gasteiger partial charge in [0.05, 0.1) is 11.4 Å². The molecule has 0 saturated carbocycles. The summed E-state index contributed by atoms with van der Waals surface area (Å²) in [6.45, 7) is 0.